The quantitative estimate of drug-likeness (QED) is 0.387. The van der Waals surface area contributed by atoms with E-state index in [0.29, 0.717) is 37.3 Å². The lowest BCUT2D eigenvalue weighted by Crippen LogP contribution is -2.47. The molecule has 2 aromatic rings. The van der Waals surface area contributed by atoms with Crippen molar-refractivity contribution in [3.05, 3.63) is 70.3 Å². The molecule has 4 aliphatic rings. The summed E-state index contributed by atoms with van der Waals surface area (Å²) in [5.74, 6) is -0.180. The highest BCUT2D eigenvalue weighted by atomic mass is 35.5. The van der Waals surface area contributed by atoms with Crippen LogP contribution in [0.4, 0.5) is 5.69 Å². The summed E-state index contributed by atoms with van der Waals surface area (Å²) in [7, 11) is -1.64. The molecule has 0 radical (unpaired) electrons. The Morgan fingerprint density at radius 1 is 1.21 bits per heavy atom. The summed E-state index contributed by atoms with van der Waals surface area (Å²) in [6, 6.07) is 11.6. The van der Waals surface area contributed by atoms with E-state index in [9.17, 15) is 13.8 Å². The Morgan fingerprint density at radius 3 is 2.79 bits per heavy atom. The van der Waals surface area contributed by atoms with Crippen LogP contribution >= 0.6 is 11.6 Å². The molecular formula is C36H46ClN3O6S. The summed E-state index contributed by atoms with van der Waals surface area (Å²) in [5.41, 5.74) is 3.39. The van der Waals surface area contributed by atoms with Crippen molar-refractivity contribution < 1.29 is 28.0 Å². The zero-order valence-corrected chi connectivity index (χ0v) is 29.1. The lowest BCUT2D eigenvalue weighted by atomic mass is 9.70. The van der Waals surface area contributed by atoms with Gasteiger partial charge in [-0.15, -0.1) is 4.36 Å². The number of nitrogens with zero attached hydrogens (tertiary/aromatic N) is 2. The lowest BCUT2D eigenvalue weighted by molar-refractivity contribution is -0.136. The van der Waals surface area contributed by atoms with Crippen LogP contribution in [0.25, 0.3) is 0 Å². The molecule has 11 heteroatoms. The van der Waals surface area contributed by atoms with Crippen molar-refractivity contribution in [1.29, 1.82) is 0 Å². The smallest absolute Gasteiger partial charge is 0.286 e. The van der Waals surface area contributed by atoms with Crippen molar-refractivity contribution in [1.82, 2.24) is 4.72 Å². The van der Waals surface area contributed by atoms with E-state index in [4.69, 9.17) is 25.8 Å². The number of fused-ring (bicyclic) bond motifs is 3. The molecule has 2 aromatic carbocycles. The number of anilines is 1. The number of methoxy groups -OCH3 is 1. The van der Waals surface area contributed by atoms with E-state index >= 15 is 0 Å². The van der Waals surface area contributed by atoms with Gasteiger partial charge in [-0.05, 0) is 85.4 Å². The zero-order chi connectivity index (χ0) is 33.2. The molecular weight excluding hydrogens is 638 g/mol. The number of hydrogen-bond acceptors (Lipinski definition) is 7. The molecule has 1 unspecified atom stereocenters. The number of carbonyl (C=O) groups excluding carboxylic acids is 2. The first-order valence-electron chi connectivity index (χ1n) is 16.8. The van der Waals surface area contributed by atoms with Crippen molar-refractivity contribution in [2.45, 2.75) is 63.9 Å². The molecule has 3 heterocycles. The molecule has 1 N–H and O–H groups in total. The summed E-state index contributed by atoms with van der Waals surface area (Å²) in [4.78, 5) is 29.0. The van der Waals surface area contributed by atoms with Gasteiger partial charge in [0.15, 0.2) is 0 Å². The van der Waals surface area contributed by atoms with E-state index in [-0.39, 0.29) is 48.2 Å². The summed E-state index contributed by atoms with van der Waals surface area (Å²) in [5, 5.41) is 0.739. The number of ether oxygens (including phenoxy) is 3. The van der Waals surface area contributed by atoms with Gasteiger partial charge in [0, 0.05) is 36.2 Å². The molecule has 1 aliphatic carbocycles. The second-order valence-corrected chi connectivity index (χ2v) is 16.0. The van der Waals surface area contributed by atoms with Crippen molar-refractivity contribution in [3.63, 3.8) is 0 Å². The normalized spacial score (nSPS) is 30.7. The molecule has 0 aromatic heterocycles. The van der Waals surface area contributed by atoms with E-state index in [1.165, 1.54) is 11.1 Å². The highest BCUT2D eigenvalue weighted by Gasteiger charge is 2.42. The van der Waals surface area contributed by atoms with Crippen molar-refractivity contribution in [2.75, 3.05) is 50.7 Å². The third-order valence-electron chi connectivity index (χ3n) is 10.4. The number of allylic oxidation sites excluding steroid dienone is 1. The minimum atomic E-state index is -3.38. The van der Waals surface area contributed by atoms with Crippen LogP contribution in [0.1, 0.15) is 67.4 Å². The van der Waals surface area contributed by atoms with Crippen LogP contribution in [0.5, 0.6) is 5.75 Å². The molecule has 2 bridgehead atoms. The van der Waals surface area contributed by atoms with Crippen LogP contribution in [-0.2, 0) is 36.0 Å². The van der Waals surface area contributed by atoms with Gasteiger partial charge in [0.1, 0.15) is 15.7 Å². The molecule has 9 nitrogen and oxygen atoms in total. The third kappa shape index (κ3) is 7.26. The van der Waals surface area contributed by atoms with Crippen LogP contribution in [0.3, 0.4) is 0 Å². The van der Waals surface area contributed by atoms with Gasteiger partial charge in [0.25, 0.3) is 5.91 Å². The molecule has 0 saturated carbocycles. The average molecular weight is 684 g/mol. The lowest BCUT2D eigenvalue weighted by Gasteiger charge is -2.42. The number of carbonyl (C=O) groups is 2. The fourth-order valence-corrected chi connectivity index (χ4v) is 9.34. The number of aryl methyl sites for hydroxylation is 1. The highest BCUT2D eigenvalue weighted by molar-refractivity contribution is 7.92. The fraction of sp³-hybridized carbons (Fsp3) is 0.556. The van der Waals surface area contributed by atoms with E-state index in [2.05, 4.69) is 46.0 Å². The minimum Gasteiger partial charge on any atom is -0.490 e. The van der Waals surface area contributed by atoms with E-state index in [0.717, 1.165) is 42.9 Å². The average Bonchev–Trinajstić information content (AvgIpc) is 3.16. The maximum atomic E-state index is 14.1. The molecule has 6 rings (SSSR count). The Bertz CT molecular complexity index is 1650. The first kappa shape index (κ1) is 34.0. The highest BCUT2D eigenvalue weighted by Crippen LogP contribution is 2.45. The Kier molecular flexibility index (Phi) is 10.3. The van der Waals surface area contributed by atoms with E-state index in [1.807, 2.05) is 24.3 Å². The van der Waals surface area contributed by atoms with Gasteiger partial charge in [-0.1, -0.05) is 50.1 Å². The van der Waals surface area contributed by atoms with E-state index in [1.54, 1.807) is 13.2 Å². The van der Waals surface area contributed by atoms with Gasteiger partial charge < -0.3 is 19.1 Å². The van der Waals surface area contributed by atoms with Gasteiger partial charge in [-0.3, -0.25) is 14.3 Å². The predicted octanol–water partition coefficient (Wildman–Crippen LogP) is 6.13. The van der Waals surface area contributed by atoms with Crippen molar-refractivity contribution >= 4 is 39.0 Å². The molecule has 1 fully saturated rings. The van der Waals surface area contributed by atoms with Gasteiger partial charge in [0.2, 0.25) is 5.91 Å². The summed E-state index contributed by atoms with van der Waals surface area (Å²) in [6.45, 7) is 6.94. The molecule has 2 amide bonds. The zero-order valence-electron chi connectivity index (χ0n) is 27.5. The summed E-state index contributed by atoms with van der Waals surface area (Å²) in [6.07, 6.45) is 9.05. The van der Waals surface area contributed by atoms with Crippen LogP contribution in [-0.4, -0.2) is 67.9 Å². The first-order chi connectivity index (χ1) is 22.6. The molecule has 47 heavy (non-hydrogen) atoms. The monoisotopic (exact) mass is 683 g/mol. The van der Waals surface area contributed by atoms with Crippen molar-refractivity contribution in [3.8, 4) is 5.75 Å². The Balaban J connectivity index is 1.44. The second kappa shape index (κ2) is 14.3. The van der Waals surface area contributed by atoms with Crippen LogP contribution in [0, 0.1) is 17.8 Å². The Labute approximate surface area is 283 Å². The van der Waals surface area contributed by atoms with Gasteiger partial charge in [-0.25, -0.2) is 4.21 Å². The van der Waals surface area contributed by atoms with Crippen molar-refractivity contribution in [2.24, 2.45) is 22.1 Å². The van der Waals surface area contributed by atoms with Gasteiger partial charge in [-0.2, -0.15) is 0 Å². The minimum absolute atomic E-state index is 0.0549. The molecule has 1 spiro atoms. The first-order valence-corrected chi connectivity index (χ1v) is 18.9. The molecule has 3 aliphatic heterocycles. The number of amides is 2. The van der Waals surface area contributed by atoms with Crippen LogP contribution in [0.2, 0.25) is 5.02 Å². The third-order valence-corrected chi connectivity index (χ3v) is 12.5. The number of rotatable bonds is 4. The largest absolute Gasteiger partial charge is 0.490 e. The summed E-state index contributed by atoms with van der Waals surface area (Å²) >= 11 is 6.44. The predicted molar refractivity (Wildman–Crippen MR) is 185 cm³/mol. The van der Waals surface area contributed by atoms with Gasteiger partial charge >= 0.3 is 0 Å². The number of benzene rings is 2. The molecule has 254 valence electrons. The Hall–Kier alpha value is -2.92. The summed E-state index contributed by atoms with van der Waals surface area (Å²) < 4.78 is 38.7. The number of hydrogen-bond donors (Lipinski definition) is 1. The number of halogens is 1. The maximum absolute atomic E-state index is 14.1. The molecule has 1 saturated heterocycles. The van der Waals surface area contributed by atoms with Crippen LogP contribution < -0.4 is 14.4 Å². The standard InChI is InChI=1S/C36H46ClN3O6S/c1-4-25-19-40-22-36(15-8-9-26-17-29(37)12-13-30(26)36)23-46-33-14-11-27(18-31(33)40)34(41)38-47(43,39-35(42)28-20-45-21-28)16-7-5-6-10-32(44-3)24(25)2/h6,10-14,17-18,24-25,28,32H,4-5,7-9,15-16,19-23H2,1-3H3,(H,38,39,41,42,43)/b10-6-/t24-,25+,32+,36+,47?/m1/s1. The van der Waals surface area contributed by atoms with Crippen LogP contribution in [0.15, 0.2) is 52.9 Å². The SMILES string of the molecule is CC[C@H]1CN2C[C@@]3(CCCc4cc(Cl)ccc43)COc3ccc(cc32)C(=O)N=S(=O)(NC(=O)C2COC2)CCC/C=C\[C@H](OC)[C@@H]1C. The Morgan fingerprint density at radius 2 is 2.04 bits per heavy atom. The van der Waals surface area contributed by atoms with E-state index < -0.39 is 21.7 Å². The number of nitrogens with one attached hydrogen (secondary N) is 1. The molecule has 5 atom stereocenters. The maximum Gasteiger partial charge on any atom is 0.286 e. The topological polar surface area (TPSA) is 107 Å². The van der Waals surface area contributed by atoms with Gasteiger partial charge in [0.05, 0.1) is 43.3 Å². The fourth-order valence-electron chi connectivity index (χ4n) is 7.49. The second-order valence-electron chi connectivity index (χ2n) is 13.5.